The zero-order valence-corrected chi connectivity index (χ0v) is 15.0. The van der Waals surface area contributed by atoms with Crippen LogP contribution in [0.5, 0.6) is 0 Å². The van der Waals surface area contributed by atoms with Gasteiger partial charge < -0.3 is 10.1 Å². The maximum atomic E-state index is 5.83. The number of hydrogen-bond acceptors (Lipinski definition) is 4. The van der Waals surface area contributed by atoms with Crippen molar-refractivity contribution in [1.29, 1.82) is 0 Å². The van der Waals surface area contributed by atoms with E-state index in [4.69, 9.17) is 16.3 Å². The first kappa shape index (κ1) is 17.9. The normalized spacial score (nSPS) is 17.1. The Morgan fingerprint density at radius 2 is 1.88 bits per heavy atom. The van der Waals surface area contributed by atoms with Gasteiger partial charge in [-0.25, -0.2) is 4.98 Å². The SMILES string of the molecule is Cl.Clc1ccc(-c2cc(-c3ccc(C4CNCCO4)cc3)[nH]n2)cn1. The van der Waals surface area contributed by atoms with Gasteiger partial charge in [0.05, 0.1) is 24.1 Å². The number of morpholine rings is 1. The zero-order chi connectivity index (χ0) is 16.4. The molecule has 1 saturated heterocycles. The molecule has 2 N–H and O–H groups in total. The van der Waals surface area contributed by atoms with Crippen molar-refractivity contribution in [2.24, 2.45) is 0 Å². The molecule has 3 heterocycles. The summed E-state index contributed by atoms with van der Waals surface area (Å²) < 4.78 is 5.78. The Morgan fingerprint density at radius 3 is 2.56 bits per heavy atom. The summed E-state index contributed by atoms with van der Waals surface area (Å²) in [4.78, 5) is 4.09. The molecule has 0 bridgehead atoms. The van der Waals surface area contributed by atoms with E-state index in [1.165, 1.54) is 5.56 Å². The number of hydrogen-bond donors (Lipinski definition) is 2. The summed E-state index contributed by atoms with van der Waals surface area (Å²) in [5, 5.41) is 11.3. The van der Waals surface area contributed by atoms with Crippen LogP contribution in [0, 0.1) is 0 Å². The van der Waals surface area contributed by atoms with Crippen molar-refractivity contribution < 1.29 is 4.74 Å². The van der Waals surface area contributed by atoms with Crippen molar-refractivity contribution in [2.45, 2.75) is 6.10 Å². The summed E-state index contributed by atoms with van der Waals surface area (Å²) in [5.74, 6) is 0. The lowest BCUT2D eigenvalue weighted by atomic mass is 10.0. The fraction of sp³-hybridized carbons (Fsp3) is 0.222. The highest BCUT2D eigenvalue weighted by atomic mass is 35.5. The van der Waals surface area contributed by atoms with Crippen LogP contribution in [0.15, 0.2) is 48.7 Å². The average molecular weight is 377 g/mol. The predicted molar refractivity (Wildman–Crippen MR) is 101 cm³/mol. The minimum absolute atomic E-state index is 0. The Hall–Kier alpha value is -1.92. The lowest BCUT2D eigenvalue weighted by Gasteiger charge is -2.24. The summed E-state index contributed by atoms with van der Waals surface area (Å²) in [6, 6.07) is 14.1. The summed E-state index contributed by atoms with van der Waals surface area (Å²) in [7, 11) is 0. The lowest BCUT2D eigenvalue weighted by Crippen LogP contribution is -2.33. The number of aromatic amines is 1. The molecule has 5 nitrogen and oxygen atoms in total. The molecular weight excluding hydrogens is 359 g/mol. The molecule has 0 saturated carbocycles. The van der Waals surface area contributed by atoms with Crippen LogP contribution in [0.25, 0.3) is 22.5 Å². The lowest BCUT2D eigenvalue weighted by molar-refractivity contribution is 0.0277. The number of aromatic nitrogens is 3. The van der Waals surface area contributed by atoms with Crippen LogP contribution in [-0.2, 0) is 4.74 Å². The van der Waals surface area contributed by atoms with Gasteiger partial charge in [0, 0.05) is 24.8 Å². The molecule has 1 aliphatic rings. The first-order valence-corrected chi connectivity index (χ1v) is 8.27. The highest BCUT2D eigenvalue weighted by molar-refractivity contribution is 6.29. The molecule has 1 fully saturated rings. The monoisotopic (exact) mass is 376 g/mol. The van der Waals surface area contributed by atoms with Gasteiger partial charge in [-0.2, -0.15) is 5.10 Å². The molecule has 25 heavy (non-hydrogen) atoms. The fourth-order valence-electron chi connectivity index (χ4n) is 2.80. The van der Waals surface area contributed by atoms with Crippen molar-refractivity contribution in [3.05, 3.63) is 59.4 Å². The molecular formula is C18H18Cl2N4O. The smallest absolute Gasteiger partial charge is 0.129 e. The Bertz CT molecular complexity index is 812. The molecule has 2 aromatic heterocycles. The third kappa shape index (κ3) is 4.02. The number of rotatable bonds is 3. The Balaban J connectivity index is 0.00000182. The molecule has 3 aromatic rings. The van der Waals surface area contributed by atoms with E-state index in [-0.39, 0.29) is 18.5 Å². The van der Waals surface area contributed by atoms with E-state index < -0.39 is 0 Å². The van der Waals surface area contributed by atoms with Gasteiger partial charge in [-0.05, 0) is 29.3 Å². The van der Waals surface area contributed by atoms with Crippen LogP contribution in [-0.4, -0.2) is 34.9 Å². The second kappa shape index (κ2) is 7.97. The molecule has 0 amide bonds. The van der Waals surface area contributed by atoms with E-state index in [2.05, 4.69) is 44.8 Å². The van der Waals surface area contributed by atoms with Crippen molar-refractivity contribution in [3.63, 3.8) is 0 Å². The van der Waals surface area contributed by atoms with Crippen LogP contribution >= 0.6 is 24.0 Å². The third-order valence-corrected chi connectivity index (χ3v) is 4.35. The molecule has 0 radical (unpaired) electrons. The number of halogens is 2. The van der Waals surface area contributed by atoms with Crippen LogP contribution < -0.4 is 5.32 Å². The second-order valence-corrected chi connectivity index (χ2v) is 6.11. The van der Waals surface area contributed by atoms with E-state index in [1.54, 1.807) is 12.3 Å². The van der Waals surface area contributed by atoms with E-state index in [0.29, 0.717) is 5.15 Å². The van der Waals surface area contributed by atoms with Crippen molar-refractivity contribution in [1.82, 2.24) is 20.5 Å². The topological polar surface area (TPSA) is 62.8 Å². The third-order valence-electron chi connectivity index (χ3n) is 4.12. The van der Waals surface area contributed by atoms with Crippen LogP contribution in [0.1, 0.15) is 11.7 Å². The van der Waals surface area contributed by atoms with E-state index in [0.717, 1.165) is 42.2 Å². The van der Waals surface area contributed by atoms with E-state index in [1.807, 2.05) is 12.1 Å². The average Bonchev–Trinajstić information content (AvgIpc) is 3.13. The maximum Gasteiger partial charge on any atom is 0.129 e. The predicted octanol–water partition coefficient (Wildman–Crippen LogP) is 3.87. The van der Waals surface area contributed by atoms with Crippen molar-refractivity contribution in [3.8, 4) is 22.5 Å². The van der Waals surface area contributed by atoms with Crippen LogP contribution in [0.3, 0.4) is 0 Å². The molecule has 0 spiro atoms. The molecule has 7 heteroatoms. The van der Waals surface area contributed by atoms with E-state index in [9.17, 15) is 0 Å². The van der Waals surface area contributed by atoms with Crippen molar-refractivity contribution in [2.75, 3.05) is 19.7 Å². The number of ether oxygens (including phenoxy) is 1. The molecule has 1 atom stereocenters. The first-order chi connectivity index (χ1) is 11.8. The fourth-order valence-corrected chi connectivity index (χ4v) is 2.91. The number of nitrogens with one attached hydrogen (secondary N) is 2. The number of nitrogens with zero attached hydrogens (tertiary/aromatic N) is 2. The second-order valence-electron chi connectivity index (χ2n) is 5.72. The molecule has 1 aliphatic heterocycles. The van der Waals surface area contributed by atoms with Gasteiger partial charge in [0.25, 0.3) is 0 Å². The molecule has 0 aliphatic carbocycles. The number of H-pyrrole nitrogens is 1. The van der Waals surface area contributed by atoms with Crippen LogP contribution in [0.2, 0.25) is 5.15 Å². The Labute approximate surface area is 157 Å². The van der Waals surface area contributed by atoms with Crippen LogP contribution in [0.4, 0.5) is 0 Å². The highest BCUT2D eigenvalue weighted by Crippen LogP contribution is 2.26. The minimum atomic E-state index is 0. The number of benzene rings is 1. The van der Waals surface area contributed by atoms with Gasteiger partial charge in [0.2, 0.25) is 0 Å². The van der Waals surface area contributed by atoms with E-state index >= 15 is 0 Å². The zero-order valence-electron chi connectivity index (χ0n) is 13.4. The minimum Gasteiger partial charge on any atom is -0.371 e. The molecule has 1 unspecified atom stereocenters. The summed E-state index contributed by atoms with van der Waals surface area (Å²) in [6.45, 7) is 2.54. The molecule has 1 aromatic carbocycles. The van der Waals surface area contributed by atoms with Gasteiger partial charge in [-0.15, -0.1) is 12.4 Å². The summed E-state index contributed by atoms with van der Waals surface area (Å²) in [6.07, 6.45) is 1.85. The van der Waals surface area contributed by atoms with Gasteiger partial charge in [-0.3, -0.25) is 5.10 Å². The first-order valence-electron chi connectivity index (χ1n) is 7.89. The maximum absolute atomic E-state index is 5.83. The highest BCUT2D eigenvalue weighted by Gasteiger charge is 2.15. The Kier molecular flexibility index (Phi) is 5.71. The van der Waals surface area contributed by atoms with Gasteiger partial charge in [-0.1, -0.05) is 35.9 Å². The van der Waals surface area contributed by atoms with Gasteiger partial charge >= 0.3 is 0 Å². The standard InChI is InChI=1S/C18H17ClN4O.ClH/c19-18-6-5-14(10-21-18)16-9-15(22-23-16)12-1-3-13(4-2-12)17-11-20-7-8-24-17;/h1-6,9-10,17,20H,7-8,11H2,(H,22,23);1H. The summed E-state index contributed by atoms with van der Waals surface area (Å²) in [5.41, 5.74) is 5.02. The molecule has 130 valence electrons. The quantitative estimate of drug-likeness (QED) is 0.680. The molecule has 4 rings (SSSR count). The van der Waals surface area contributed by atoms with Crippen molar-refractivity contribution >= 4 is 24.0 Å². The van der Waals surface area contributed by atoms with Gasteiger partial charge in [0.15, 0.2) is 0 Å². The largest absolute Gasteiger partial charge is 0.371 e. The number of pyridine rings is 1. The Morgan fingerprint density at radius 1 is 1.08 bits per heavy atom. The van der Waals surface area contributed by atoms with Gasteiger partial charge in [0.1, 0.15) is 5.15 Å². The summed E-state index contributed by atoms with van der Waals surface area (Å²) >= 11 is 5.83.